The lowest BCUT2D eigenvalue weighted by Crippen LogP contribution is -2.11. The molecule has 1 heterocycles. The van der Waals surface area contributed by atoms with Gasteiger partial charge in [-0.25, -0.2) is 0 Å². The van der Waals surface area contributed by atoms with E-state index in [1.807, 2.05) is 0 Å². The van der Waals surface area contributed by atoms with Gasteiger partial charge in [0.05, 0.1) is 0 Å². The largest absolute Gasteiger partial charge is 0.306 e. The van der Waals surface area contributed by atoms with Crippen molar-refractivity contribution in [2.75, 3.05) is 0 Å². The molecule has 1 aliphatic rings. The Labute approximate surface area is 79.2 Å². The first kappa shape index (κ1) is 8.34. The van der Waals surface area contributed by atoms with Gasteiger partial charge in [-0.15, -0.1) is 12.3 Å². The monoisotopic (exact) mass is 171 g/mol. The highest BCUT2D eigenvalue weighted by atomic mass is 14.9. The van der Waals surface area contributed by atoms with Crippen LogP contribution in [-0.2, 0) is 6.54 Å². The third-order valence-corrected chi connectivity index (χ3v) is 2.55. The van der Waals surface area contributed by atoms with E-state index in [9.17, 15) is 0 Å². The van der Waals surface area contributed by atoms with Crippen molar-refractivity contribution in [2.24, 2.45) is 0 Å². The molecular weight excluding hydrogens is 158 g/mol. The van der Waals surface area contributed by atoms with Crippen LogP contribution in [0.2, 0.25) is 0 Å². The Hall–Kier alpha value is -1.26. The maximum Gasteiger partial charge on any atom is 0.0335 e. The number of rotatable bonds is 2. The molecule has 1 unspecified atom stereocenters. The maximum absolute atomic E-state index is 5.25. The van der Waals surface area contributed by atoms with Gasteiger partial charge < -0.3 is 5.32 Å². The van der Waals surface area contributed by atoms with Gasteiger partial charge in [0.1, 0.15) is 0 Å². The van der Waals surface area contributed by atoms with E-state index in [4.69, 9.17) is 6.42 Å². The second-order valence-corrected chi connectivity index (χ2v) is 3.38. The van der Waals surface area contributed by atoms with Crippen molar-refractivity contribution in [3.8, 4) is 12.3 Å². The topological polar surface area (TPSA) is 12.0 Å². The first-order chi connectivity index (χ1) is 6.42. The van der Waals surface area contributed by atoms with Crippen LogP contribution >= 0.6 is 0 Å². The molecule has 1 nitrogen and oxygen atoms in total. The van der Waals surface area contributed by atoms with Crippen molar-refractivity contribution >= 4 is 0 Å². The molecule has 0 saturated heterocycles. The summed E-state index contributed by atoms with van der Waals surface area (Å²) in [5.74, 6) is 2.69. The Kier molecular flexibility index (Phi) is 2.33. The maximum atomic E-state index is 5.25. The summed E-state index contributed by atoms with van der Waals surface area (Å²) >= 11 is 0. The molecule has 1 aromatic carbocycles. The number of benzene rings is 1. The lowest BCUT2D eigenvalue weighted by Gasteiger charge is -2.09. The van der Waals surface area contributed by atoms with Crippen LogP contribution in [0.1, 0.15) is 30.0 Å². The van der Waals surface area contributed by atoms with Crippen molar-refractivity contribution in [2.45, 2.75) is 25.4 Å². The number of nitrogens with one attached hydrogen (secondary N) is 1. The number of fused-ring (bicyclic) bond motifs is 1. The van der Waals surface area contributed by atoms with Gasteiger partial charge >= 0.3 is 0 Å². The van der Waals surface area contributed by atoms with E-state index < -0.39 is 0 Å². The summed E-state index contributed by atoms with van der Waals surface area (Å²) in [6.45, 7) is 0.991. The first-order valence-corrected chi connectivity index (χ1v) is 4.66. The fraction of sp³-hybridized carbons (Fsp3) is 0.333. The number of hydrogen-bond donors (Lipinski definition) is 1. The summed E-state index contributed by atoms with van der Waals surface area (Å²) in [7, 11) is 0. The van der Waals surface area contributed by atoms with Gasteiger partial charge in [-0.3, -0.25) is 0 Å². The zero-order chi connectivity index (χ0) is 9.10. The zero-order valence-corrected chi connectivity index (χ0v) is 7.59. The average molecular weight is 171 g/mol. The highest BCUT2D eigenvalue weighted by Crippen LogP contribution is 2.27. The van der Waals surface area contributed by atoms with Crippen LogP contribution in [0.5, 0.6) is 0 Å². The Morgan fingerprint density at radius 1 is 1.46 bits per heavy atom. The van der Waals surface area contributed by atoms with E-state index in [2.05, 4.69) is 35.5 Å². The highest BCUT2D eigenvalue weighted by Gasteiger charge is 2.19. The molecule has 1 heteroatoms. The molecule has 1 N–H and O–H groups in total. The van der Waals surface area contributed by atoms with Crippen LogP contribution in [0, 0.1) is 12.3 Å². The summed E-state index contributed by atoms with van der Waals surface area (Å²) in [6, 6.07) is 9.03. The number of hydrogen-bond acceptors (Lipinski definition) is 1. The Morgan fingerprint density at radius 2 is 2.31 bits per heavy atom. The molecule has 13 heavy (non-hydrogen) atoms. The third-order valence-electron chi connectivity index (χ3n) is 2.55. The molecule has 0 spiro atoms. The third kappa shape index (κ3) is 1.59. The van der Waals surface area contributed by atoms with Gasteiger partial charge in [0.15, 0.2) is 0 Å². The molecule has 2 rings (SSSR count). The molecule has 0 aliphatic carbocycles. The fourth-order valence-electron chi connectivity index (χ4n) is 1.86. The molecule has 0 aromatic heterocycles. The molecule has 0 bridgehead atoms. The van der Waals surface area contributed by atoms with E-state index in [1.165, 1.54) is 11.1 Å². The van der Waals surface area contributed by atoms with Crippen molar-refractivity contribution in [3.05, 3.63) is 35.4 Å². The van der Waals surface area contributed by atoms with E-state index in [0.29, 0.717) is 6.04 Å². The molecule has 1 aromatic rings. The smallest absolute Gasteiger partial charge is 0.0335 e. The van der Waals surface area contributed by atoms with Gasteiger partial charge in [0.2, 0.25) is 0 Å². The lowest BCUT2D eigenvalue weighted by molar-refractivity contribution is 0.551. The van der Waals surface area contributed by atoms with Crippen molar-refractivity contribution in [3.63, 3.8) is 0 Å². The normalized spacial score (nSPS) is 19.5. The molecule has 0 radical (unpaired) electrons. The Morgan fingerprint density at radius 3 is 3.15 bits per heavy atom. The number of terminal acetylenes is 1. The summed E-state index contributed by atoms with van der Waals surface area (Å²) in [4.78, 5) is 0. The minimum absolute atomic E-state index is 0.479. The van der Waals surface area contributed by atoms with Gasteiger partial charge in [-0.2, -0.15) is 0 Å². The van der Waals surface area contributed by atoms with Gasteiger partial charge in [0.25, 0.3) is 0 Å². The van der Waals surface area contributed by atoms with E-state index in [-0.39, 0.29) is 0 Å². The zero-order valence-electron chi connectivity index (χ0n) is 7.59. The summed E-state index contributed by atoms with van der Waals surface area (Å²) < 4.78 is 0. The molecule has 1 atom stereocenters. The van der Waals surface area contributed by atoms with Crippen LogP contribution in [0.25, 0.3) is 0 Å². The van der Waals surface area contributed by atoms with E-state index in [0.717, 1.165) is 19.4 Å². The molecule has 0 saturated carbocycles. The van der Waals surface area contributed by atoms with Crippen LogP contribution in [0.4, 0.5) is 0 Å². The summed E-state index contributed by atoms with van der Waals surface area (Å²) in [5.41, 5.74) is 2.85. The molecule has 0 fully saturated rings. The van der Waals surface area contributed by atoms with Crippen LogP contribution < -0.4 is 5.32 Å². The Balaban J connectivity index is 2.15. The lowest BCUT2D eigenvalue weighted by atomic mass is 10.0. The predicted molar refractivity (Wildman–Crippen MR) is 54.1 cm³/mol. The molecule has 1 aliphatic heterocycles. The average Bonchev–Trinajstić information content (AvgIpc) is 2.58. The predicted octanol–water partition coefficient (Wildman–Crippen LogP) is 2.24. The first-order valence-electron chi connectivity index (χ1n) is 4.66. The fourth-order valence-corrected chi connectivity index (χ4v) is 1.86. The SMILES string of the molecule is C#CCCC1NCc2ccccc21. The standard InChI is InChI=1S/C12H13N/c1-2-3-8-12-11-7-5-4-6-10(11)9-13-12/h1,4-7,12-13H,3,8-9H2. The second-order valence-electron chi connectivity index (χ2n) is 3.38. The van der Waals surface area contributed by atoms with Gasteiger partial charge in [0, 0.05) is 19.0 Å². The van der Waals surface area contributed by atoms with Gasteiger partial charge in [-0.05, 0) is 17.5 Å². The van der Waals surface area contributed by atoms with Gasteiger partial charge in [-0.1, -0.05) is 24.3 Å². The van der Waals surface area contributed by atoms with Crippen LogP contribution in [0.3, 0.4) is 0 Å². The quantitative estimate of drug-likeness (QED) is 0.673. The van der Waals surface area contributed by atoms with Crippen LogP contribution in [-0.4, -0.2) is 0 Å². The minimum atomic E-state index is 0.479. The van der Waals surface area contributed by atoms with E-state index >= 15 is 0 Å². The second kappa shape index (κ2) is 3.64. The minimum Gasteiger partial charge on any atom is -0.306 e. The highest BCUT2D eigenvalue weighted by molar-refractivity contribution is 5.33. The molecule has 66 valence electrons. The van der Waals surface area contributed by atoms with Crippen molar-refractivity contribution in [1.82, 2.24) is 5.32 Å². The summed E-state index contributed by atoms with van der Waals surface area (Å²) in [6.07, 6.45) is 7.15. The molecular formula is C12H13N. The molecule has 0 amide bonds. The Bertz CT molecular complexity index is 335. The van der Waals surface area contributed by atoms with Crippen molar-refractivity contribution < 1.29 is 0 Å². The van der Waals surface area contributed by atoms with Crippen molar-refractivity contribution in [1.29, 1.82) is 0 Å². The van der Waals surface area contributed by atoms with E-state index in [1.54, 1.807) is 0 Å². The summed E-state index contributed by atoms with van der Waals surface area (Å²) in [5, 5.41) is 3.46. The van der Waals surface area contributed by atoms with Crippen LogP contribution in [0.15, 0.2) is 24.3 Å².